The molecule has 2 nitrogen and oxygen atoms in total. The molecule has 2 aromatic rings. The lowest BCUT2D eigenvalue weighted by atomic mass is 10.2. The van der Waals surface area contributed by atoms with Crippen LogP contribution in [-0.4, -0.2) is 0 Å². The fourth-order valence-corrected chi connectivity index (χ4v) is 2.06. The molecule has 0 heterocycles. The van der Waals surface area contributed by atoms with Gasteiger partial charge in [-0.15, -0.1) is 0 Å². The number of nitrogens with two attached hydrogens (primary N) is 1. The summed E-state index contributed by atoms with van der Waals surface area (Å²) in [6, 6.07) is 8.29. The monoisotopic (exact) mass is 313 g/mol. The molecule has 0 bridgehead atoms. The SMILES string of the molecule is NCc1c(Br)cccc1Oc1cc(F)cc(F)c1. The van der Waals surface area contributed by atoms with Gasteiger partial charge in [0.25, 0.3) is 0 Å². The van der Waals surface area contributed by atoms with Crippen LogP contribution in [0.4, 0.5) is 8.78 Å². The van der Waals surface area contributed by atoms with Crippen LogP contribution in [0.15, 0.2) is 40.9 Å². The highest BCUT2D eigenvalue weighted by molar-refractivity contribution is 9.10. The third-order valence-corrected chi connectivity index (χ3v) is 3.09. The van der Waals surface area contributed by atoms with Gasteiger partial charge in [-0.1, -0.05) is 22.0 Å². The minimum atomic E-state index is -0.686. The van der Waals surface area contributed by atoms with Gasteiger partial charge >= 0.3 is 0 Å². The second-order valence-electron chi connectivity index (χ2n) is 3.63. The number of ether oxygens (including phenoxy) is 1. The van der Waals surface area contributed by atoms with Gasteiger partial charge in [0.1, 0.15) is 23.1 Å². The van der Waals surface area contributed by atoms with Crippen molar-refractivity contribution < 1.29 is 13.5 Å². The normalized spacial score (nSPS) is 10.4. The Morgan fingerprint density at radius 2 is 1.78 bits per heavy atom. The summed E-state index contributed by atoms with van der Waals surface area (Å²) < 4.78 is 32.3. The third-order valence-electron chi connectivity index (χ3n) is 2.34. The maximum Gasteiger partial charge on any atom is 0.133 e. The first-order chi connectivity index (χ1) is 8.60. The summed E-state index contributed by atoms with van der Waals surface area (Å²) in [7, 11) is 0. The third kappa shape index (κ3) is 2.86. The molecule has 0 radical (unpaired) electrons. The van der Waals surface area contributed by atoms with Crippen LogP contribution >= 0.6 is 15.9 Å². The van der Waals surface area contributed by atoms with E-state index in [1.54, 1.807) is 12.1 Å². The van der Waals surface area contributed by atoms with Crippen molar-refractivity contribution in [2.75, 3.05) is 0 Å². The van der Waals surface area contributed by atoms with Crippen LogP contribution in [0, 0.1) is 11.6 Å². The summed E-state index contributed by atoms with van der Waals surface area (Å²) >= 11 is 3.34. The van der Waals surface area contributed by atoms with E-state index in [1.165, 1.54) is 0 Å². The van der Waals surface area contributed by atoms with Crippen LogP contribution in [0.3, 0.4) is 0 Å². The Morgan fingerprint density at radius 3 is 2.39 bits per heavy atom. The Kier molecular flexibility index (Phi) is 3.93. The Hall–Kier alpha value is -1.46. The first kappa shape index (κ1) is 13.0. The molecule has 2 aromatic carbocycles. The number of rotatable bonds is 3. The van der Waals surface area contributed by atoms with Crippen LogP contribution in [0.1, 0.15) is 5.56 Å². The van der Waals surface area contributed by atoms with E-state index in [0.29, 0.717) is 5.75 Å². The zero-order valence-electron chi connectivity index (χ0n) is 9.29. The average molecular weight is 314 g/mol. The molecule has 0 atom stereocenters. The highest BCUT2D eigenvalue weighted by Crippen LogP contribution is 2.30. The molecule has 0 aromatic heterocycles. The van der Waals surface area contributed by atoms with Gasteiger partial charge in [0.05, 0.1) is 0 Å². The van der Waals surface area contributed by atoms with E-state index in [-0.39, 0.29) is 12.3 Å². The summed E-state index contributed by atoms with van der Waals surface area (Å²) in [5.41, 5.74) is 6.34. The van der Waals surface area contributed by atoms with Crippen molar-refractivity contribution in [3.05, 3.63) is 58.1 Å². The van der Waals surface area contributed by atoms with Gasteiger partial charge in [0.15, 0.2) is 0 Å². The topological polar surface area (TPSA) is 35.2 Å². The Morgan fingerprint density at radius 1 is 1.11 bits per heavy atom. The maximum atomic E-state index is 13.0. The first-order valence-corrected chi connectivity index (χ1v) is 6.01. The van der Waals surface area contributed by atoms with E-state index in [1.807, 2.05) is 6.07 Å². The molecular formula is C13H10BrF2NO. The summed E-state index contributed by atoms with van der Waals surface area (Å²) in [6.07, 6.45) is 0. The highest BCUT2D eigenvalue weighted by atomic mass is 79.9. The van der Waals surface area contributed by atoms with E-state index in [4.69, 9.17) is 10.5 Å². The molecule has 0 amide bonds. The Bertz CT molecular complexity index is 555. The largest absolute Gasteiger partial charge is 0.457 e. The predicted molar refractivity (Wildman–Crippen MR) is 68.5 cm³/mol. The van der Waals surface area contributed by atoms with Crippen molar-refractivity contribution in [3.8, 4) is 11.5 Å². The Labute approximate surface area is 112 Å². The summed E-state index contributed by atoms with van der Waals surface area (Å²) in [4.78, 5) is 0. The fraction of sp³-hybridized carbons (Fsp3) is 0.0769. The molecule has 0 aliphatic carbocycles. The van der Waals surface area contributed by atoms with E-state index >= 15 is 0 Å². The van der Waals surface area contributed by atoms with Crippen LogP contribution in [0.25, 0.3) is 0 Å². The van der Waals surface area contributed by atoms with Crippen LogP contribution in [-0.2, 0) is 6.54 Å². The predicted octanol–water partition coefficient (Wildman–Crippen LogP) is 3.98. The molecular weight excluding hydrogens is 304 g/mol. The molecule has 2 N–H and O–H groups in total. The van der Waals surface area contributed by atoms with Crippen LogP contribution in [0.5, 0.6) is 11.5 Å². The average Bonchev–Trinajstić information content (AvgIpc) is 2.27. The van der Waals surface area contributed by atoms with Crippen molar-refractivity contribution in [2.45, 2.75) is 6.54 Å². The summed E-state index contributed by atoms with van der Waals surface area (Å²) in [6.45, 7) is 0.258. The molecule has 0 aliphatic rings. The molecule has 2 rings (SSSR count). The zero-order valence-corrected chi connectivity index (χ0v) is 10.9. The van der Waals surface area contributed by atoms with Crippen molar-refractivity contribution in [2.24, 2.45) is 5.73 Å². The van der Waals surface area contributed by atoms with Crippen molar-refractivity contribution in [1.82, 2.24) is 0 Å². The van der Waals surface area contributed by atoms with Crippen LogP contribution < -0.4 is 10.5 Å². The van der Waals surface area contributed by atoms with Crippen molar-refractivity contribution in [1.29, 1.82) is 0 Å². The smallest absolute Gasteiger partial charge is 0.133 e. The van der Waals surface area contributed by atoms with Crippen molar-refractivity contribution >= 4 is 15.9 Å². The van der Waals surface area contributed by atoms with E-state index in [2.05, 4.69) is 15.9 Å². The molecule has 0 unspecified atom stereocenters. The Balaban J connectivity index is 2.36. The van der Waals surface area contributed by atoms with Gasteiger partial charge in [0, 0.05) is 34.8 Å². The number of halogens is 3. The maximum absolute atomic E-state index is 13.0. The molecule has 94 valence electrons. The van der Waals surface area contributed by atoms with Gasteiger partial charge in [-0.3, -0.25) is 0 Å². The second-order valence-corrected chi connectivity index (χ2v) is 4.48. The van der Waals surface area contributed by atoms with Gasteiger partial charge < -0.3 is 10.5 Å². The quantitative estimate of drug-likeness (QED) is 0.930. The lowest BCUT2D eigenvalue weighted by molar-refractivity contribution is 0.462. The first-order valence-electron chi connectivity index (χ1n) is 5.21. The van der Waals surface area contributed by atoms with Gasteiger partial charge in [-0.2, -0.15) is 0 Å². The van der Waals surface area contributed by atoms with Crippen molar-refractivity contribution in [3.63, 3.8) is 0 Å². The fourth-order valence-electron chi connectivity index (χ4n) is 1.55. The van der Waals surface area contributed by atoms with E-state index in [0.717, 1.165) is 28.2 Å². The van der Waals surface area contributed by atoms with Gasteiger partial charge in [0.2, 0.25) is 0 Å². The van der Waals surface area contributed by atoms with Gasteiger partial charge in [-0.25, -0.2) is 8.78 Å². The molecule has 0 saturated heterocycles. The molecule has 5 heteroatoms. The second kappa shape index (κ2) is 5.46. The number of benzene rings is 2. The van der Waals surface area contributed by atoms with Gasteiger partial charge in [-0.05, 0) is 12.1 Å². The molecule has 0 saturated carbocycles. The highest BCUT2D eigenvalue weighted by Gasteiger charge is 2.08. The lowest BCUT2D eigenvalue weighted by Gasteiger charge is -2.11. The molecule has 0 aliphatic heterocycles. The summed E-state index contributed by atoms with van der Waals surface area (Å²) in [5.74, 6) is -0.805. The number of hydrogen-bond acceptors (Lipinski definition) is 2. The van der Waals surface area contributed by atoms with Crippen LogP contribution in [0.2, 0.25) is 0 Å². The minimum absolute atomic E-state index is 0.0975. The molecule has 0 spiro atoms. The zero-order chi connectivity index (χ0) is 13.1. The minimum Gasteiger partial charge on any atom is -0.457 e. The van der Waals surface area contributed by atoms with E-state index in [9.17, 15) is 8.78 Å². The molecule has 18 heavy (non-hydrogen) atoms. The lowest BCUT2D eigenvalue weighted by Crippen LogP contribution is -2.00. The van der Waals surface area contributed by atoms with E-state index < -0.39 is 11.6 Å². The molecule has 0 fully saturated rings. The summed E-state index contributed by atoms with van der Waals surface area (Å²) in [5, 5.41) is 0. The number of hydrogen-bond donors (Lipinski definition) is 1. The standard InChI is InChI=1S/C13H10BrF2NO/c14-12-2-1-3-13(11(12)7-17)18-10-5-8(15)4-9(16)6-10/h1-6H,7,17H2.